The molecule has 0 bridgehead atoms. The van der Waals surface area contributed by atoms with Gasteiger partial charge in [0.05, 0.1) is 33.4 Å². The second-order valence-electron chi connectivity index (χ2n) is 22.5. The predicted octanol–water partition coefficient (Wildman–Crippen LogP) is 10.8. The van der Waals surface area contributed by atoms with Crippen molar-refractivity contribution in [3.8, 4) is 16.9 Å². The zero-order valence-electron chi connectivity index (χ0n) is 45.1. The van der Waals surface area contributed by atoms with Crippen molar-refractivity contribution in [3.63, 3.8) is 0 Å². The number of para-hydroxylation sites is 1. The number of benzene rings is 4. The van der Waals surface area contributed by atoms with Gasteiger partial charge >= 0.3 is 5.97 Å². The number of ether oxygens (including phenoxy) is 2. The van der Waals surface area contributed by atoms with Gasteiger partial charge in [-0.15, -0.1) is 0 Å². The van der Waals surface area contributed by atoms with Crippen LogP contribution in [0, 0.1) is 12.8 Å². The van der Waals surface area contributed by atoms with E-state index in [2.05, 4.69) is 68.4 Å². The van der Waals surface area contributed by atoms with Crippen molar-refractivity contribution in [2.75, 3.05) is 47.8 Å². The Kier molecular flexibility index (Phi) is 14.6. The summed E-state index contributed by atoms with van der Waals surface area (Å²) in [5, 5.41) is 11.8. The van der Waals surface area contributed by atoms with Crippen LogP contribution >= 0.6 is 11.3 Å². The fourth-order valence-corrected chi connectivity index (χ4v) is 12.8. The summed E-state index contributed by atoms with van der Waals surface area (Å²) >= 11 is 1.45. The fourth-order valence-electron chi connectivity index (χ4n) is 12.0. The summed E-state index contributed by atoms with van der Waals surface area (Å²) < 4.78 is 15.7. The monoisotopic (exact) mass is 1060 g/mol. The van der Waals surface area contributed by atoms with Crippen LogP contribution in [0.1, 0.15) is 128 Å². The second kappa shape index (κ2) is 21.7. The minimum absolute atomic E-state index is 0.115. The van der Waals surface area contributed by atoms with Crippen molar-refractivity contribution in [2.24, 2.45) is 13.0 Å². The number of hydrogen-bond acceptors (Lipinski definition) is 13. The first-order chi connectivity index (χ1) is 37.1. The lowest BCUT2D eigenvalue weighted by molar-refractivity contribution is -0.134. The summed E-state index contributed by atoms with van der Waals surface area (Å²) in [5.41, 5.74) is 8.43. The molecule has 7 aromatic rings. The average Bonchev–Trinajstić information content (AvgIpc) is 4.05. The summed E-state index contributed by atoms with van der Waals surface area (Å²) in [6.07, 6.45) is 8.32. The highest BCUT2D eigenvalue weighted by Crippen LogP contribution is 2.39. The molecule has 6 heterocycles. The molecule has 4 aliphatic rings. The highest BCUT2D eigenvalue weighted by Gasteiger charge is 2.33. The van der Waals surface area contributed by atoms with Gasteiger partial charge in [-0.25, -0.2) is 14.8 Å². The van der Waals surface area contributed by atoms with Gasteiger partial charge in [0.15, 0.2) is 10.8 Å². The number of nitrogens with zero attached hydrogens (tertiary/aromatic N) is 7. The Morgan fingerprint density at radius 1 is 0.857 bits per heavy atom. The molecule has 0 spiro atoms. The van der Waals surface area contributed by atoms with E-state index in [1.807, 2.05) is 99.2 Å². The Morgan fingerprint density at radius 3 is 2.47 bits per heavy atom. The van der Waals surface area contributed by atoms with E-state index in [0.717, 1.165) is 107 Å². The third-order valence-corrected chi connectivity index (χ3v) is 17.1. The Hall–Kier alpha value is -7.17. The van der Waals surface area contributed by atoms with Crippen LogP contribution in [-0.4, -0.2) is 98.8 Å². The number of carbonyl (C=O) groups excluding carboxylic acids is 4. The van der Waals surface area contributed by atoms with Crippen molar-refractivity contribution in [3.05, 3.63) is 125 Å². The largest absolute Gasteiger partial charge is 0.490 e. The number of nitrogens with one attached hydrogen (secondary N) is 2. The Morgan fingerprint density at radius 2 is 1.68 bits per heavy atom. The van der Waals surface area contributed by atoms with E-state index >= 15 is 0 Å². The first-order valence-electron chi connectivity index (χ1n) is 27.5. The number of carbonyl (C=O) groups is 4. The van der Waals surface area contributed by atoms with Crippen LogP contribution in [0.3, 0.4) is 0 Å². The zero-order chi connectivity index (χ0) is 53.5. The SMILES string of the molecule is Cc1c(OC2CCC(CCCN3CCN(c4ccc5c(C6CCC(=O)NC6=O)nn(C)c5c4)C[C@H]3C)CC2)cccc1-c1ccc(N2CCc3cccc(C(=O)Nc4nc5ccccc5s4)c3C2)nc1C(=O)OC(C)(C)C. The number of piperidine rings is 1. The van der Waals surface area contributed by atoms with E-state index < -0.39 is 17.5 Å². The molecule has 11 rings (SSSR count). The maximum absolute atomic E-state index is 14.1. The van der Waals surface area contributed by atoms with Crippen molar-refractivity contribution >= 4 is 72.8 Å². The summed E-state index contributed by atoms with van der Waals surface area (Å²) in [7, 11) is 1.93. The highest BCUT2D eigenvalue weighted by molar-refractivity contribution is 7.22. The third kappa shape index (κ3) is 11.2. The summed E-state index contributed by atoms with van der Waals surface area (Å²) in [6.45, 7) is 15.1. The number of amides is 3. The van der Waals surface area contributed by atoms with Crippen molar-refractivity contribution in [1.82, 2.24) is 30.0 Å². The molecule has 3 aromatic heterocycles. The number of anilines is 3. The predicted molar refractivity (Wildman–Crippen MR) is 303 cm³/mol. The minimum atomic E-state index is -0.733. The highest BCUT2D eigenvalue weighted by atomic mass is 32.1. The van der Waals surface area contributed by atoms with Crippen LogP contribution in [0.5, 0.6) is 5.75 Å². The van der Waals surface area contributed by atoms with Gasteiger partial charge in [-0.05, 0) is 175 Å². The molecule has 15 nitrogen and oxygen atoms in total. The van der Waals surface area contributed by atoms with Crippen LogP contribution in [-0.2, 0) is 34.3 Å². The number of hydrogen-bond donors (Lipinski definition) is 2. The van der Waals surface area contributed by atoms with Crippen LogP contribution in [0.2, 0.25) is 0 Å². The van der Waals surface area contributed by atoms with Gasteiger partial charge in [-0.2, -0.15) is 5.10 Å². The van der Waals surface area contributed by atoms with Crippen LogP contribution in [0.25, 0.3) is 32.2 Å². The number of imide groups is 1. The topological polar surface area (TPSA) is 164 Å². The molecule has 1 saturated carbocycles. The Balaban J connectivity index is 0.698. The lowest BCUT2D eigenvalue weighted by Crippen LogP contribution is -2.52. The van der Waals surface area contributed by atoms with Gasteiger partial charge in [0, 0.05) is 74.4 Å². The Bertz CT molecular complexity index is 3360. The molecule has 4 aromatic carbocycles. The van der Waals surface area contributed by atoms with Gasteiger partial charge in [0.1, 0.15) is 17.2 Å². The molecule has 3 fully saturated rings. The molecule has 77 heavy (non-hydrogen) atoms. The fraction of sp³-hybridized carbons (Fsp3) is 0.426. The second-order valence-corrected chi connectivity index (χ2v) is 23.5. The number of fused-ring (bicyclic) bond motifs is 3. The lowest BCUT2D eigenvalue weighted by Gasteiger charge is -2.41. The van der Waals surface area contributed by atoms with E-state index in [-0.39, 0.29) is 29.5 Å². The molecule has 3 aliphatic heterocycles. The quantitative estimate of drug-likeness (QED) is 0.0831. The molecule has 400 valence electrons. The number of pyridine rings is 1. The van der Waals surface area contributed by atoms with Crippen molar-refractivity contribution < 1.29 is 28.7 Å². The molecule has 3 amide bonds. The first kappa shape index (κ1) is 51.9. The zero-order valence-corrected chi connectivity index (χ0v) is 45.9. The van der Waals surface area contributed by atoms with Gasteiger partial charge in [-0.1, -0.05) is 47.7 Å². The molecule has 2 atom stereocenters. The van der Waals surface area contributed by atoms with Gasteiger partial charge < -0.3 is 19.3 Å². The number of aryl methyl sites for hydroxylation is 1. The molecule has 2 saturated heterocycles. The number of esters is 1. The molecular formula is C61H69N9O6S. The number of aromatic nitrogens is 4. The third-order valence-electron chi connectivity index (χ3n) is 16.1. The average molecular weight is 1060 g/mol. The van der Waals surface area contributed by atoms with E-state index in [1.54, 1.807) is 0 Å². The van der Waals surface area contributed by atoms with Crippen molar-refractivity contribution in [2.45, 2.75) is 123 Å². The van der Waals surface area contributed by atoms with Gasteiger partial charge in [0.25, 0.3) is 5.91 Å². The molecule has 16 heteroatoms. The number of thiazole rings is 1. The normalized spacial score (nSPS) is 20.3. The number of piperazine rings is 1. The summed E-state index contributed by atoms with van der Waals surface area (Å²) in [6, 6.07) is 30.6. The maximum atomic E-state index is 14.1. The van der Waals surface area contributed by atoms with Crippen LogP contribution in [0.4, 0.5) is 16.6 Å². The standard InChI is InChI=1S/C61H69N9O6S/c1-37-35-69(41-21-24-46-50(34-41)67(6)66-55(46)47-26-28-54(71)64-58(47)73)33-32-68(37)30-11-12-39-19-22-42(23-20-39)75-51-17-10-14-43(38(51)2)44-25-27-53(63-56(44)59(74)76-61(3,4)5)70-31-29-40-13-9-15-45(48(40)36-70)57(72)65-60-62-49-16-7-8-18-52(49)77-60/h7-10,13-18,21,24-25,27,34,37,39,42,47H,11-12,19-20,22-23,26,28-33,35-36H2,1-6H3,(H,62,65,72)(H,64,71,73)/t37-,39?,42?,47?/m1/s1. The minimum Gasteiger partial charge on any atom is -0.490 e. The first-order valence-corrected chi connectivity index (χ1v) is 28.3. The van der Waals surface area contributed by atoms with Crippen LogP contribution < -0.4 is 25.2 Å². The van der Waals surface area contributed by atoms with E-state index in [9.17, 15) is 19.2 Å². The summed E-state index contributed by atoms with van der Waals surface area (Å²) in [5.74, 6) is 0.552. The molecule has 1 aliphatic carbocycles. The molecule has 2 N–H and O–H groups in total. The lowest BCUT2D eigenvalue weighted by atomic mass is 9.84. The van der Waals surface area contributed by atoms with Gasteiger partial charge in [0.2, 0.25) is 11.8 Å². The maximum Gasteiger partial charge on any atom is 0.358 e. The van der Waals surface area contributed by atoms with E-state index in [0.29, 0.717) is 66.4 Å². The molecule has 1 unspecified atom stereocenters. The van der Waals surface area contributed by atoms with E-state index in [1.165, 1.54) is 29.9 Å². The summed E-state index contributed by atoms with van der Waals surface area (Å²) in [4.78, 5) is 69.4. The molecular weight excluding hydrogens is 987 g/mol. The van der Waals surface area contributed by atoms with Crippen LogP contribution in [0.15, 0.2) is 91.0 Å². The van der Waals surface area contributed by atoms with Crippen molar-refractivity contribution in [1.29, 1.82) is 0 Å². The smallest absolute Gasteiger partial charge is 0.358 e. The Labute approximate surface area is 454 Å². The van der Waals surface area contributed by atoms with E-state index in [4.69, 9.17) is 19.6 Å². The molecule has 0 radical (unpaired) electrons. The number of rotatable bonds is 13. The van der Waals surface area contributed by atoms with Gasteiger partial charge in [-0.3, -0.25) is 34.6 Å².